The average Bonchev–Trinajstić information content (AvgIpc) is 2.93. The number of hydrogen-bond donors (Lipinski definition) is 0. The molecule has 27 heavy (non-hydrogen) atoms. The first-order chi connectivity index (χ1) is 12.8. The van der Waals surface area contributed by atoms with Gasteiger partial charge in [-0.1, -0.05) is 26.3 Å². The fourth-order valence-corrected chi connectivity index (χ4v) is 3.67. The van der Waals surface area contributed by atoms with Gasteiger partial charge in [0.25, 0.3) is 0 Å². The Hall–Kier alpha value is -2.18. The fraction of sp³-hybridized carbons (Fsp3) is 0.600. The first kappa shape index (κ1) is 19.6. The van der Waals surface area contributed by atoms with Gasteiger partial charge in [-0.15, -0.1) is 0 Å². The van der Waals surface area contributed by atoms with Crippen molar-refractivity contribution in [1.82, 2.24) is 9.80 Å². The predicted octanol–water partition coefficient (Wildman–Crippen LogP) is 3.71. The van der Waals surface area contributed by atoms with Gasteiger partial charge in [-0.3, -0.25) is 9.69 Å². The van der Waals surface area contributed by atoms with Crippen LogP contribution >= 0.6 is 0 Å². The van der Waals surface area contributed by atoms with E-state index in [2.05, 4.69) is 13.8 Å². The van der Waals surface area contributed by atoms with E-state index in [4.69, 9.17) is 4.74 Å². The smallest absolute Gasteiger partial charge is 0.410 e. The van der Waals surface area contributed by atoms with E-state index in [9.17, 15) is 18.4 Å². The van der Waals surface area contributed by atoms with Crippen LogP contribution in [0.15, 0.2) is 18.2 Å². The zero-order valence-electron chi connectivity index (χ0n) is 15.8. The van der Waals surface area contributed by atoms with Gasteiger partial charge in [-0.2, -0.15) is 0 Å². The Labute approximate surface area is 158 Å². The summed E-state index contributed by atoms with van der Waals surface area (Å²) in [5.41, 5.74) is -0.0768. The van der Waals surface area contributed by atoms with E-state index in [1.807, 2.05) is 4.90 Å². The number of rotatable bonds is 5. The largest absolute Gasteiger partial charge is 0.441 e. The number of halogens is 2. The Morgan fingerprint density at radius 1 is 1.26 bits per heavy atom. The van der Waals surface area contributed by atoms with Crippen molar-refractivity contribution in [2.75, 3.05) is 19.6 Å². The second kappa shape index (κ2) is 7.82. The molecule has 5 nitrogen and oxygen atoms in total. The quantitative estimate of drug-likeness (QED) is 0.782. The van der Waals surface area contributed by atoms with E-state index in [0.717, 1.165) is 18.6 Å². The summed E-state index contributed by atoms with van der Waals surface area (Å²) in [6.45, 7) is 5.86. The third-order valence-electron chi connectivity index (χ3n) is 5.65. The van der Waals surface area contributed by atoms with E-state index in [-0.39, 0.29) is 12.5 Å². The molecule has 2 saturated heterocycles. The van der Waals surface area contributed by atoms with Crippen molar-refractivity contribution in [2.45, 2.75) is 51.7 Å². The van der Waals surface area contributed by atoms with Crippen molar-refractivity contribution in [1.29, 1.82) is 0 Å². The molecule has 2 aliphatic heterocycles. The zero-order chi connectivity index (χ0) is 19.6. The van der Waals surface area contributed by atoms with E-state index in [1.165, 1.54) is 11.0 Å². The third-order valence-corrected chi connectivity index (χ3v) is 5.65. The van der Waals surface area contributed by atoms with Gasteiger partial charge in [0.2, 0.25) is 5.91 Å². The highest BCUT2D eigenvalue weighted by atomic mass is 19.2. The van der Waals surface area contributed by atoms with Crippen LogP contribution in [0, 0.1) is 17.6 Å². The Morgan fingerprint density at radius 2 is 1.96 bits per heavy atom. The van der Waals surface area contributed by atoms with Gasteiger partial charge < -0.3 is 9.64 Å². The van der Waals surface area contributed by atoms with Crippen molar-refractivity contribution < 1.29 is 23.1 Å². The summed E-state index contributed by atoms with van der Waals surface area (Å²) in [4.78, 5) is 28.0. The SMILES string of the molecule is CCC(C)CC(=O)N1CCC2(CC1)CN(Cc1ccc(F)c(F)c1)C(=O)O2. The van der Waals surface area contributed by atoms with E-state index in [0.29, 0.717) is 50.4 Å². The Bertz CT molecular complexity index is 717. The van der Waals surface area contributed by atoms with Gasteiger partial charge in [-0.25, -0.2) is 13.6 Å². The Kier molecular flexibility index (Phi) is 5.67. The Balaban J connectivity index is 1.57. The molecule has 2 fully saturated rings. The van der Waals surface area contributed by atoms with Crippen LogP contribution in [0.25, 0.3) is 0 Å². The van der Waals surface area contributed by atoms with Crippen LogP contribution in [0.4, 0.5) is 13.6 Å². The monoisotopic (exact) mass is 380 g/mol. The molecule has 0 saturated carbocycles. The molecule has 2 amide bonds. The van der Waals surface area contributed by atoms with Gasteiger partial charge in [0.1, 0.15) is 5.60 Å². The molecule has 1 unspecified atom stereocenters. The molecule has 1 aromatic carbocycles. The van der Waals surface area contributed by atoms with Crippen LogP contribution in [0.5, 0.6) is 0 Å². The number of nitrogens with zero attached hydrogens (tertiary/aromatic N) is 2. The molecule has 148 valence electrons. The highest BCUT2D eigenvalue weighted by molar-refractivity contribution is 5.76. The van der Waals surface area contributed by atoms with Crippen molar-refractivity contribution in [3.8, 4) is 0 Å². The molecule has 1 spiro atoms. The van der Waals surface area contributed by atoms with E-state index < -0.39 is 23.3 Å². The second-order valence-electron chi connectivity index (χ2n) is 7.75. The van der Waals surface area contributed by atoms with Crippen molar-refractivity contribution in [2.24, 2.45) is 5.92 Å². The lowest BCUT2D eigenvalue weighted by Gasteiger charge is -2.37. The number of piperidine rings is 1. The molecule has 0 N–H and O–H groups in total. The summed E-state index contributed by atoms with van der Waals surface area (Å²) in [6.07, 6.45) is 2.27. The minimum absolute atomic E-state index is 0.155. The van der Waals surface area contributed by atoms with Gasteiger partial charge in [0.15, 0.2) is 11.6 Å². The lowest BCUT2D eigenvalue weighted by Crippen LogP contribution is -2.48. The number of carbonyl (C=O) groups is 2. The van der Waals surface area contributed by atoms with Gasteiger partial charge in [0.05, 0.1) is 6.54 Å². The molecule has 2 aliphatic rings. The molecule has 1 atom stereocenters. The van der Waals surface area contributed by atoms with Crippen LogP contribution in [0.2, 0.25) is 0 Å². The second-order valence-corrected chi connectivity index (χ2v) is 7.75. The number of amides is 2. The zero-order valence-corrected chi connectivity index (χ0v) is 15.8. The normalized spacial score (nSPS) is 20.1. The number of ether oxygens (including phenoxy) is 1. The molecule has 0 bridgehead atoms. The maximum absolute atomic E-state index is 13.4. The highest BCUT2D eigenvalue weighted by Crippen LogP contribution is 2.34. The molecular formula is C20H26F2N2O3. The third kappa shape index (κ3) is 4.39. The fourth-order valence-electron chi connectivity index (χ4n) is 3.67. The standard InChI is InChI=1S/C20H26F2N2O3/c1-3-14(2)10-18(25)23-8-6-20(7-9-23)13-24(19(26)27-20)12-15-4-5-16(21)17(22)11-15/h4-5,11,14H,3,6-10,12-13H2,1-2H3. The molecule has 0 radical (unpaired) electrons. The van der Waals surface area contributed by atoms with Crippen molar-refractivity contribution in [3.05, 3.63) is 35.4 Å². The molecule has 0 aliphatic carbocycles. The van der Waals surface area contributed by atoms with Gasteiger partial charge in [0, 0.05) is 38.9 Å². The number of likely N-dealkylation sites (tertiary alicyclic amines) is 1. The average molecular weight is 380 g/mol. The van der Waals surface area contributed by atoms with Crippen molar-refractivity contribution in [3.63, 3.8) is 0 Å². The summed E-state index contributed by atoms with van der Waals surface area (Å²) < 4.78 is 32.1. The highest BCUT2D eigenvalue weighted by Gasteiger charge is 2.47. The minimum Gasteiger partial charge on any atom is -0.441 e. The van der Waals surface area contributed by atoms with Gasteiger partial charge >= 0.3 is 6.09 Å². The number of benzene rings is 1. The van der Waals surface area contributed by atoms with Crippen LogP contribution < -0.4 is 0 Å². The van der Waals surface area contributed by atoms with Crippen LogP contribution in [-0.4, -0.2) is 47.0 Å². The summed E-state index contributed by atoms with van der Waals surface area (Å²) in [7, 11) is 0. The minimum atomic E-state index is -0.928. The summed E-state index contributed by atoms with van der Waals surface area (Å²) in [6, 6.07) is 3.62. The Morgan fingerprint density at radius 3 is 2.59 bits per heavy atom. The topological polar surface area (TPSA) is 49.9 Å². The first-order valence-electron chi connectivity index (χ1n) is 9.51. The van der Waals surface area contributed by atoms with Crippen LogP contribution in [-0.2, 0) is 16.1 Å². The molecule has 7 heteroatoms. The summed E-state index contributed by atoms with van der Waals surface area (Å²) in [5, 5.41) is 0. The van der Waals surface area contributed by atoms with E-state index in [1.54, 1.807) is 0 Å². The lowest BCUT2D eigenvalue weighted by atomic mass is 9.90. The van der Waals surface area contributed by atoms with E-state index >= 15 is 0 Å². The molecular weight excluding hydrogens is 354 g/mol. The maximum Gasteiger partial charge on any atom is 0.410 e. The summed E-state index contributed by atoms with van der Waals surface area (Å²) >= 11 is 0. The summed E-state index contributed by atoms with van der Waals surface area (Å²) in [5.74, 6) is -1.32. The maximum atomic E-state index is 13.4. The molecule has 0 aromatic heterocycles. The number of hydrogen-bond acceptors (Lipinski definition) is 3. The van der Waals surface area contributed by atoms with Crippen molar-refractivity contribution >= 4 is 12.0 Å². The molecule has 1 aromatic rings. The predicted molar refractivity (Wildman–Crippen MR) is 95.9 cm³/mol. The van der Waals surface area contributed by atoms with Crippen LogP contribution in [0.1, 0.15) is 45.1 Å². The van der Waals surface area contributed by atoms with Gasteiger partial charge in [-0.05, 0) is 23.6 Å². The molecule has 3 rings (SSSR count). The molecule has 2 heterocycles. The lowest BCUT2D eigenvalue weighted by molar-refractivity contribution is -0.135. The van der Waals surface area contributed by atoms with Crippen LogP contribution in [0.3, 0.4) is 0 Å². The first-order valence-corrected chi connectivity index (χ1v) is 9.51. The number of carbonyl (C=O) groups excluding carboxylic acids is 2.